The van der Waals surface area contributed by atoms with Crippen molar-refractivity contribution < 1.29 is 9.59 Å². The molecule has 7 heteroatoms. The van der Waals surface area contributed by atoms with Gasteiger partial charge in [0.2, 0.25) is 0 Å². The Labute approximate surface area is 204 Å². The summed E-state index contributed by atoms with van der Waals surface area (Å²) >= 11 is 0.931. The minimum absolute atomic E-state index is 0.333. The molecule has 1 N–H and O–H groups in total. The van der Waals surface area contributed by atoms with Gasteiger partial charge in [-0.2, -0.15) is 0 Å². The fraction of sp³-hybridized carbons (Fsp3) is 0.296. The topological polar surface area (TPSA) is 65.5 Å². The number of piperazine rings is 1. The largest absolute Gasteiger partial charge is 0.369 e. The lowest BCUT2D eigenvalue weighted by Crippen LogP contribution is -2.49. The number of aryl methyl sites for hydroxylation is 1. The molecule has 2 aromatic carbocycles. The molecule has 0 saturated carbocycles. The van der Waals surface area contributed by atoms with E-state index in [1.807, 2.05) is 30.5 Å². The molecule has 0 bridgehead atoms. The standard InChI is InChI=1S/C27H28N4O2S/c1-17(2)30-10-12-31(13-11-30)23-7-6-21(14-18(23)3)25-22-15-19(4-5-20(22)8-9-28-25)16-24-26(32)29-27(33)34-24/h4-9,14-17H,10-13H2,1-3H3,(H,29,32,33). The summed E-state index contributed by atoms with van der Waals surface area (Å²) in [6, 6.07) is 15.2. The van der Waals surface area contributed by atoms with Gasteiger partial charge in [0.25, 0.3) is 11.1 Å². The fourth-order valence-electron chi connectivity index (χ4n) is 4.71. The lowest BCUT2D eigenvalue weighted by atomic mass is 9.99. The zero-order chi connectivity index (χ0) is 23.8. The predicted octanol–water partition coefficient (Wildman–Crippen LogP) is 5.06. The molecule has 0 atom stereocenters. The number of fused-ring (bicyclic) bond motifs is 1. The van der Waals surface area contributed by atoms with Gasteiger partial charge in [-0.25, -0.2) is 0 Å². The van der Waals surface area contributed by atoms with Gasteiger partial charge in [0.15, 0.2) is 0 Å². The molecule has 1 aromatic heterocycles. The third-order valence-electron chi connectivity index (χ3n) is 6.59. The number of imide groups is 1. The van der Waals surface area contributed by atoms with Crippen LogP contribution in [0.4, 0.5) is 10.5 Å². The van der Waals surface area contributed by atoms with Crippen molar-refractivity contribution in [3.05, 3.63) is 64.7 Å². The molecule has 0 aliphatic carbocycles. The average molecular weight is 473 g/mol. The van der Waals surface area contributed by atoms with Gasteiger partial charge < -0.3 is 4.90 Å². The van der Waals surface area contributed by atoms with E-state index in [0.717, 1.165) is 65.5 Å². The maximum absolute atomic E-state index is 12.0. The number of anilines is 1. The highest BCUT2D eigenvalue weighted by Gasteiger charge is 2.25. The molecule has 3 heterocycles. The van der Waals surface area contributed by atoms with Crippen LogP contribution in [0, 0.1) is 6.92 Å². The van der Waals surface area contributed by atoms with Gasteiger partial charge in [-0.05, 0) is 79.4 Å². The number of benzene rings is 2. The number of hydrogen-bond donors (Lipinski definition) is 1. The van der Waals surface area contributed by atoms with Crippen molar-refractivity contribution in [2.45, 2.75) is 26.8 Å². The number of pyridine rings is 1. The molecule has 0 spiro atoms. The number of rotatable bonds is 4. The average Bonchev–Trinajstić information content (AvgIpc) is 3.15. The van der Waals surface area contributed by atoms with E-state index in [4.69, 9.17) is 4.98 Å². The summed E-state index contributed by atoms with van der Waals surface area (Å²) in [5.41, 5.74) is 5.37. The Hall–Kier alpha value is -3.16. The van der Waals surface area contributed by atoms with Crippen LogP contribution in [-0.2, 0) is 4.79 Å². The van der Waals surface area contributed by atoms with Crippen molar-refractivity contribution in [2.75, 3.05) is 31.1 Å². The van der Waals surface area contributed by atoms with Crippen LogP contribution in [-0.4, -0.2) is 53.3 Å². The number of amides is 2. The van der Waals surface area contributed by atoms with E-state index in [9.17, 15) is 9.59 Å². The lowest BCUT2D eigenvalue weighted by Gasteiger charge is -2.38. The molecule has 2 saturated heterocycles. The Morgan fingerprint density at radius 1 is 1.03 bits per heavy atom. The Morgan fingerprint density at radius 3 is 2.50 bits per heavy atom. The number of thioether (sulfide) groups is 1. The smallest absolute Gasteiger partial charge is 0.290 e. The zero-order valence-electron chi connectivity index (χ0n) is 19.7. The van der Waals surface area contributed by atoms with E-state index in [1.54, 1.807) is 6.08 Å². The number of nitrogens with one attached hydrogen (secondary N) is 1. The minimum atomic E-state index is -0.345. The zero-order valence-corrected chi connectivity index (χ0v) is 20.5. The van der Waals surface area contributed by atoms with E-state index >= 15 is 0 Å². The molecule has 5 rings (SSSR count). The van der Waals surface area contributed by atoms with Gasteiger partial charge in [0.05, 0.1) is 10.6 Å². The molecule has 3 aromatic rings. The molecule has 2 aliphatic heterocycles. The van der Waals surface area contributed by atoms with Crippen LogP contribution < -0.4 is 10.2 Å². The maximum atomic E-state index is 12.0. The number of aromatic nitrogens is 1. The first-order valence-corrected chi connectivity index (χ1v) is 12.4. The third kappa shape index (κ3) is 4.45. The molecular weight excluding hydrogens is 444 g/mol. The van der Waals surface area contributed by atoms with Crippen molar-refractivity contribution in [1.29, 1.82) is 0 Å². The molecular formula is C27H28N4O2S. The van der Waals surface area contributed by atoms with Crippen molar-refractivity contribution in [3.8, 4) is 11.3 Å². The van der Waals surface area contributed by atoms with Crippen molar-refractivity contribution in [3.63, 3.8) is 0 Å². The number of nitrogens with zero attached hydrogens (tertiary/aromatic N) is 3. The summed E-state index contributed by atoms with van der Waals surface area (Å²) in [6.07, 6.45) is 3.59. The minimum Gasteiger partial charge on any atom is -0.369 e. The summed E-state index contributed by atoms with van der Waals surface area (Å²) in [5, 5.41) is 4.07. The number of carbonyl (C=O) groups is 2. The highest BCUT2D eigenvalue weighted by atomic mass is 32.2. The summed E-state index contributed by atoms with van der Waals surface area (Å²) in [5.74, 6) is -0.345. The molecule has 0 unspecified atom stereocenters. The molecule has 34 heavy (non-hydrogen) atoms. The molecule has 2 aliphatic rings. The lowest BCUT2D eigenvalue weighted by molar-refractivity contribution is -0.115. The van der Waals surface area contributed by atoms with Crippen molar-refractivity contribution in [1.82, 2.24) is 15.2 Å². The van der Waals surface area contributed by atoms with E-state index in [2.05, 4.69) is 54.1 Å². The van der Waals surface area contributed by atoms with Gasteiger partial charge in [-0.15, -0.1) is 0 Å². The first kappa shape index (κ1) is 22.6. The van der Waals surface area contributed by atoms with E-state index in [0.29, 0.717) is 10.9 Å². The van der Waals surface area contributed by atoms with Crippen LogP contribution in [0.1, 0.15) is 25.0 Å². The Bertz CT molecular complexity index is 1310. The van der Waals surface area contributed by atoms with Gasteiger partial charge in [-0.3, -0.25) is 24.8 Å². The summed E-state index contributed by atoms with van der Waals surface area (Å²) in [6.45, 7) is 10.9. The van der Waals surface area contributed by atoms with Crippen LogP contribution in [0.15, 0.2) is 53.6 Å². The first-order chi connectivity index (χ1) is 16.4. The quantitative estimate of drug-likeness (QED) is 0.535. The molecule has 174 valence electrons. The second-order valence-electron chi connectivity index (χ2n) is 9.11. The van der Waals surface area contributed by atoms with E-state index in [-0.39, 0.29) is 11.1 Å². The van der Waals surface area contributed by atoms with Crippen LogP contribution in [0.3, 0.4) is 0 Å². The Kier molecular flexibility index (Phi) is 6.15. The molecule has 6 nitrogen and oxygen atoms in total. The second kappa shape index (κ2) is 9.24. The highest BCUT2D eigenvalue weighted by molar-refractivity contribution is 8.18. The second-order valence-corrected chi connectivity index (χ2v) is 10.1. The van der Waals surface area contributed by atoms with Crippen LogP contribution in [0.25, 0.3) is 28.1 Å². The molecule has 2 amide bonds. The van der Waals surface area contributed by atoms with Gasteiger partial charge in [0, 0.05) is 55.1 Å². The van der Waals surface area contributed by atoms with Gasteiger partial charge >= 0.3 is 0 Å². The summed E-state index contributed by atoms with van der Waals surface area (Å²) in [4.78, 5) is 33.6. The predicted molar refractivity (Wildman–Crippen MR) is 140 cm³/mol. The highest BCUT2D eigenvalue weighted by Crippen LogP contribution is 2.33. The first-order valence-electron chi connectivity index (χ1n) is 11.6. The maximum Gasteiger partial charge on any atom is 0.290 e. The Morgan fingerprint density at radius 2 is 1.82 bits per heavy atom. The van der Waals surface area contributed by atoms with Crippen LogP contribution in [0.2, 0.25) is 0 Å². The van der Waals surface area contributed by atoms with Gasteiger partial charge in [-0.1, -0.05) is 18.2 Å². The van der Waals surface area contributed by atoms with Gasteiger partial charge in [0.1, 0.15) is 0 Å². The Balaban J connectivity index is 1.46. The third-order valence-corrected chi connectivity index (χ3v) is 7.40. The van der Waals surface area contributed by atoms with E-state index < -0.39 is 0 Å². The van der Waals surface area contributed by atoms with Crippen molar-refractivity contribution in [2.24, 2.45) is 0 Å². The normalized spacial score (nSPS) is 18.4. The van der Waals surface area contributed by atoms with Crippen molar-refractivity contribution >= 4 is 45.4 Å². The molecule has 0 radical (unpaired) electrons. The SMILES string of the molecule is Cc1cc(-c2nccc3ccc(C=C4SC(=O)NC4=O)cc23)ccc1N1CCN(C(C)C)CC1. The fourth-order valence-corrected chi connectivity index (χ4v) is 5.40. The number of hydrogen-bond acceptors (Lipinski definition) is 6. The van der Waals surface area contributed by atoms with E-state index in [1.165, 1.54) is 11.3 Å². The summed E-state index contributed by atoms with van der Waals surface area (Å²) in [7, 11) is 0. The molecule has 2 fully saturated rings. The number of carbonyl (C=O) groups excluding carboxylic acids is 2. The van der Waals surface area contributed by atoms with Crippen LogP contribution >= 0.6 is 11.8 Å². The summed E-state index contributed by atoms with van der Waals surface area (Å²) < 4.78 is 0. The van der Waals surface area contributed by atoms with Crippen LogP contribution in [0.5, 0.6) is 0 Å². The monoisotopic (exact) mass is 472 g/mol.